The monoisotopic (exact) mass is 223 g/mol. The Morgan fingerprint density at radius 3 is 2.88 bits per heavy atom. The van der Waals surface area contributed by atoms with Crippen LogP contribution in [0.1, 0.15) is 25.3 Å². The fourth-order valence-electron chi connectivity index (χ4n) is 2.20. The molecule has 0 bridgehead atoms. The van der Waals surface area contributed by atoms with Gasteiger partial charge in [0.25, 0.3) is 0 Å². The third-order valence-electron chi connectivity index (χ3n) is 3.06. The van der Waals surface area contributed by atoms with Gasteiger partial charge in [-0.1, -0.05) is 12.1 Å². The third kappa shape index (κ3) is 3.03. The summed E-state index contributed by atoms with van der Waals surface area (Å²) in [5.41, 5.74) is 1.01. The van der Waals surface area contributed by atoms with Crippen LogP contribution in [0.5, 0.6) is 0 Å². The molecule has 0 heterocycles. The Hall–Kier alpha value is -0.930. The Balaban J connectivity index is 1.80. The van der Waals surface area contributed by atoms with Crippen molar-refractivity contribution in [1.29, 1.82) is 0 Å². The van der Waals surface area contributed by atoms with Crippen LogP contribution in [0.2, 0.25) is 0 Å². The van der Waals surface area contributed by atoms with Gasteiger partial charge in [0.2, 0.25) is 0 Å². The minimum Gasteiger partial charge on any atom is -0.393 e. The Labute approximate surface area is 95.5 Å². The van der Waals surface area contributed by atoms with E-state index in [1.54, 1.807) is 12.1 Å². The maximum atomic E-state index is 13.0. The molecule has 2 nitrogen and oxygen atoms in total. The lowest BCUT2D eigenvalue weighted by Crippen LogP contribution is -2.48. The summed E-state index contributed by atoms with van der Waals surface area (Å²) in [6, 6.07) is 7.47. The van der Waals surface area contributed by atoms with Crippen molar-refractivity contribution in [1.82, 2.24) is 5.32 Å². The molecule has 3 heteroatoms. The summed E-state index contributed by atoms with van der Waals surface area (Å²) in [4.78, 5) is 0. The molecule has 0 aliphatic heterocycles. The van der Waals surface area contributed by atoms with E-state index in [2.05, 4.69) is 12.2 Å². The van der Waals surface area contributed by atoms with Crippen LogP contribution in [0.15, 0.2) is 24.3 Å². The van der Waals surface area contributed by atoms with Gasteiger partial charge >= 0.3 is 0 Å². The van der Waals surface area contributed by atoms with Crippen molar-refractivity contribution in [3.63, 3.8) is 0 Å². The van der Waals surface area contributed by atoms with E-state index in [-0.39, 0.29) is 11.9 Å². The van der Waals surface area contributed by atoms with E-state index in [1.807, 2.05) is 6.07 Å². The molecule has 2 rings (SSSR count). The second-order valence-electron chi connectivity index (χ2n) is 4.72. The third-order valence-corrected chi connectivity index (χ3v) is 3.06. The van der Waals surface area contributed by atoms with Gasteiger partial charge in [0.1, 0.15) is 5.82 Å². The quantitative estimate of drug-likeness (QED) is 0.816. The molecule has 0 aromatic heterocycles. The fourth-order valence-corrected chi connectivity index (χ4v) is 2.20. The van der Waals surface area contributed by atoms with Crippen molar-refractivity contribution in [2.24, 2.45) is 0 Å². The highest BCUT2D eigenvalue weighted by Gasteiger charge is 2.27. The molecule has 2 N–H and O–H groups in total. The van der Waals surface area contributed by atoms with Gasteiger partial charge in [-0.05, 0) is 43.9 Å². The second kappa shape index (κ2) is 4.93. The van der Waals surface area contributed by atoms with E-state index >= 15 is 0 Å². The van der Waals surface area contributed by atoms with Crippen molar-refractivity contribution >= 4 is 0 Å². The average molecular weight is 223 g/mol. The molecule has 16 heavy (non-hydrogen) atoms. The number of halogens is 1. The first kappa shape index (κ1) is 11.6. The van der Waals surface area contributed by atoms with Crippen molar-refractivity contribution in [3.05, 3.63) is 35.6 Å². The van der Waals surface area contributed by atoms with Gasteiger partial charge in [-0.15, -0.1) is 0 Å². The van der Waals surface area contributed by atoms with E-state index in [0.717, 1.165) is 24.8 Å². The number of aliphatic hydroxyl groups is 1. The van der Waals surface area contributed by atoms with Crippen molar-refractivity contribution < 1.29 is 9.50 Å². The maximum Gasteiger partial charge on any atom is 0.123 e. The van der Waals surface area contributed by atoms with Crippen LogP contribution < -0.4 is 5.32 Å². The first-order valence-electron chi connectivity index (χ1n) is 5.82. The van der Waals surface area contributed by atoms with Crippen LogP contribution in [0, 0.1) is 5.82 Å². The van der Waals surface area contributed by atoms with Crippen LogP contribution >= 0.6 is 0 Å². The van der Waals surface area contributed by atoms with Gasteiger partial charge in [-0.3, -0.25) is 0 Å². The molecular formula is C13H18FNO. The van der Waals surface area contributed by atoms with Gasteiger partial charge < -0.3 is 10.4 Å². The van der Waals surface area contributed by atoms with Crippen LogP contribution in [0.3, 0.4) is 0 Å². The van der Waals surface area contributed by atoms with Crippen molar-refractivity contribution in [2.45, 2.75) is 44.4 Å². The van der Waals surface area contributed by atoms with Crippen LogP contribution in [0.4, 0.5) is 4.39 Å². The molecular weight excluding hydrogens is 205 g/mol. The lowest BCUT2D eigenvalue weighted by molar-refractivity contribution is 0.0586. The zero-order valence-corrected chi connectivity index (χ0v) is 9.49. The number of aliphatic hydroxyl groups excluding tert-OH is 1. The van der Waals surface area contributed by atoms with Crippen LogP contribution in [0.25, 0.3) is 0 Å². The van der Waals surface area contributed by atoms with E-state index in [0.29, 0.717) is 12.1 Å². The number of benzene rings is 1. The molecule has 1 aliphatic rings. The van der Waals surface area contributed by atoms with E-state index in [4.69, 9.17) is 5.11 Å². The van der Waals surface area contributed by atoms with Crippen molar-refractivity contribution in [3.8, 4) is 0 Å². The number of hydrogen-bond donors (Lipinski definition) is 2. The lowest BCUT2D eigenvalue weighted by atomic mass is 9.88. The normalized spacial score (nSPS) is 26.2. The van der Waals surface area contributed by atoms with Gasteiger partial charge in [-0.2, -0.15) is 0 Å². The van der Waals surface area contributed by atoms with Gasteiger partial charge in [0.15, 0.2) is 0 Å². The van der Waals surface area contributed by atoms with Crippen molar-refractivity contribution in [2.75, 3.05) is 0 Å². The smallest absolute Gasteiger partial charge is 0.123 e. The second-order valence-corrected chi connectivity index (χ2v) is 4.72. The summed E-state index contributed by atoms with van der Waals surface area (Å²) in [6.07, 6.45) is 2.38. The lowest BCUT2D eigenvalue weighted by Gasteiger charge is -2.34. The Morgan fingerprint density at radius 1 is 1.50 bits per heavy atom. The van der Waals surface area contributed by atoms with E-state index in [1.165, 1.54) is 6.07 Å². The minimum absolute atomic E-state index is 0.126. The Morgan fingerprint density at radius 2 is 2.25 bits per heavy atom. The molecule has 1 aromatic carbocycles. The Kier molecular flexibility index (Phi) is 3.56. The SMILES string of the molecule is CC(Cc1cccc(F)c1)NC1CC(O)C1. The van der Waals surface area contributed by atoms with E-state index in [9.17, 15) is 4.39 Å². The topological polar surface area (TPSA) is 32.3 Å². The molecule has 0 radical (unpaired) electrons. The molecule has 88 valence electrons. The van der Waals surface area contributed by atoms with Gasteiger partial charge in [0.05, 0.1) is 6.10 Å². The van der Waals surface area contributed by atoms with Crippen LogP contribution in [-0.2, 0) is 6.42 Å². The molecule has 1 unspecified atom stereocenters. The zero-order chi connectivity index (χ0) is 11.5. The predicted octanol–water partition coefficient (Wildman–Crippen LogP) is 1.87. The first-order chi connectivity index (χ1) is 7.63. The first-order valence-corrected chi connectivity index (χ1v) is 5.82. The number of hydrogen-bond acceptors (Lipinski definition) is 2. The molecule has 0 spiro atoms. The van der Waals surface area contributed by atoms with Crippen LogP contribution in [-0.4, -0.2) is 23.3 Å². The highest BCUT2D eigenvalue weighted by molar-refractivity contribution is 5.17. The summed E-state index contributed by atoms with van der Waals surface area (Å²) < 4.78 is 13.0. The van der Waals surface area contributed by atoms with Gasteiger partial charge in [-0.25, -0.2) is 4.39 Å². The summed E-state index contributed by atoms with van der Waals surface area (Å²) in [6.45, 7) is 2.09. The molecule has 0 amide bonds. The largest absolute Gasteiger partial charge is 0.393 e. The number of rotatable bonds is 4. The molecule has 1 aliphatic carbocycles. The highest BCUT2D eigenvalue weighted by atomic mass is 19.1. The van der Waals surface area contributed by atoms with E-state index < -0.39 is 0 Å². The zero-order valence-electron chi connectivity index (χ0n) is 9.49. The molecule has 1 atom stereocenters. The fraction of sp³-hybridized carbons (Fsp3) is 0.538. The molecule has 1 aromatic rings. The predicted molar refractivity (Wildman–Crippen MR) is 61.7 cm³/mol. The van der Waals surface area contributed by atoms with Gasteiger partial charge in [0, 0.05) is 12.1 Å². The average Bonchev–Trinajstić information content (AvgIpc) is 2.15. The standard InChI is InChI=1S/C13H18FNO/c1-9(15-12-7-13(16)8-12)5-10-3-2-4-11(14)6-10/h2-4,6,9,12-13,15-16H,5,7-8H2,1H3. The highest BCUT2D eigenvalue weighted by Crippen LogP contribution is 2.20. The molecule has 1 saturated carbocycles. The number of nitrogens with one attached hydrogen (secondary N) is 1. The molecule has 0 saturated heterocycles. The summed E-state index contributed by atoms with van der Waals surface area (Å²) in [5.74, 6) is -0.177. The summed E-state index contributed by atoms with van der Waals surface area (Å²) in [7, 11) is 0. The minimum atomic E-state index is -0.177. The Bertz CT molecular complexity index is 350. The molecule has 1 fully saturated rings. The maximum absolute atomic E-state index is 13.0. The summed E-state index contributed by atoms with van der Waals surface area (Å²) in [5, 5.41) is 12.6. The summed E-state index contributed by atoms with van der Waals surface area (Å²) >= 11 is 0.